The van der Waals surface area contributed by atoms with E-state index in [1.54, 1.807) is 5.56 Å². The van der Waals surface area contributed by atoms with Crippen molar-refractivity contribution in [3.8, 4) is 0 Å². The molecule has 1 heteroatoms. The Kier molecular flexibility index (Phi) is 17.1. The van der Waals surface area contributed by atoms with E-state index in [2.05, 4.69) is 49.9 Å². The SMILES string of the molecule is CCCCCCCCCCCCCCCCCCc1ccccc1N(CC)CC. The minimum absolute atomic E-state index is 1.10. The van der Waals surface area contributed by atoms with Gasteiger partial charge in [-0.2, -0.15) is 0 Å². The lowest BCUT2D eigenvalue weighted by molar-refractivity contribution is 0.529. The summed E-state index contributed by atoms with van der Waals surface area (Å²) in [6, 6.07) is 9.02. The van der Waals surface area contributed by atoms with E-state index >= 15 is 0 Å². The molecule has 0 fully saturated rings. The number of rotatable bonds is 20. The lowest BCUT2D eigenvalue weighted by Gasteiger charge is -2.24. The molecule has 0 aliphatic rings. The monoisotopic (exact) mass is 401 g/mol. The molecule has 1 rings (SSSR count). The summed E-state index contributed by atoms with van der Waals surface area (Å²) in [7, 11) is 0. The van der Waals surface area contributed by atoms with Crippen LogP contribution in [0.3, 0.4) is 0 Å². The molecule has 1 aromatic rings. The van der Waals surface area contributed by atoms with Crippen molar-refractivity contribution in [3.05, 3.63) is 29.8 Å². The van der Waals surface area contributed by atoms with Gasteiger partial charge in [0.1, 0.15) is 0 Å². The summed E-state index contributed by atoms with van der Waals surface area (Å²) >= 11 is 0. The molecule has 0 aliphatic carbocycles. The standard InChI is InChI=1S/C28H51N/c1-4-7-8-9-10-11-12-13-14-15-16-17-18-19-20-21-24-27-25-22-23-26-28(27)29(5-2)6-3/h22-23,25-26H,4-21,24H2,1-3H3. The molecule has 0 saturated heterocycles. The normalized spacial score (nSPS) is 11.1. The number of unbranched alkanes of at least 4 members (excludes halogenated alkanes) is 15. The van der Waals surface area contributed by atoms with Gasteiger partial charge in [0.15, 0.2) is 0 Å². The molecule has 29 heavy (non-hydrogen) atoms. The molecule has 0 saturated carbocycles. The molecule has 0 aliphatic heterocycles. The first-order valence-corrected chi connectivity index (χ1v) is 13.2. The summed E-state index contributed by atoms with van der Waals surface area (Å²) < 4.78 is 0. The maximum Gasteiger partial charge on any atom is 0.0398 e. The maximum atomic E-state index is 2.49. The van der Waals surface area contributed by atoms with Crippen molar-refractivity contribution < 1.29 is 0 Å². The second-order valence-corrected chi connectivity index (χ2v) is 8.85. The summed E-state index contributed by atoms with van der Waals surface area (Å²) in [5.41, 5.74) is 3.00. The zero-order valence-electron chi connectivity index (χ0n) is 20.2. The van der Waals surface area contributed by atoms with Gasteiger partial charge in [-0.25, -0.2) is 0 Å². The first kappa shape index (κ1) is 26.1. The maximum absolute atomic E-state index is 2.49. The van der Waals surface area contributed by atoms with Crippen LogP contribution in [-0.4, -0.2) is 13.1 Å². The lowest BCUT2D eigenvalue weighted by Crippen LogP contribution is -2.23. The molecule has 0 N–H and O–H groups in total. The zero-order valence-corrected chi connectivity index (χ0v) is 20.2. The predicted molar refractivity (Wildman–Crippen MR) is 133 cm³/mol. The fourth-order valence-electron chi connectivity index (χ4n) is 4.46. The van der Waals surface area contributed by atoms with Crippen molar-refractivity contribution in [2.45, 2.75) is 130 Å². The Morgan fingerprint density at radius 3 is 1.38 bits per heavy atom. The van der Waals surface area contributed by atoms with Crippen LogP contribution in [0.5, 0.6) is 0 Å². The number of hydrogen-bond acceptors (Lipinski definition) is 1. The predicted octanol–water partition coefficient (Wildman–Crippen LogP) is 9.34. The van der Waals surface area contributed by atoms with E-state index < -0.39 is 0 Å². The average Bonchev–Trinajstić information content (AvgIpc) is 2.75. The topological polar surface area (TPSA) is 3.24 Å². The third-order valence-electron chi connectivity index (χ3n) is 6.40. The van der Waals surface area contributed by atoms with Crippen molar-refractivity contribution in [3.63, 3.8) is 0 Å². The Morgan fingerprint density at radius 2 is 0.931 bits per heavy atom. The summed E-state index contributed by atoms with van der Waals surface area (Å²) in [4.78, 5) is 2.49. The molecule has 0 bridgehead atoms. The van der Waals surface area contributed by atoms with Gasteiger partial charge in [0.05, 0.1) is 0 Å². The van der Waals surface area contributed by atoms with Crippen molar-refractivity contribution in [2.24, 2.45) is 0 Å². The quantitative estimate of drug-likeness (QED) is 0.197. The largest absolute Gasteiger partial charge is 0.372 e. The summed E-state index contributed by atoms with van der Waals surface area (Å²) in [5.74, 6) is 0. The van der Waals surface area contributed by atoms with Crippen LogP contribution >= 0.6 is 0 Å². The Labute approximate surface area is 183 Å². The first-order chi connectivity index (χ1) is 14.3. The lowest BCUT2D eigenvalue weighted by atomic mass is 10.0. The van der Waals surface area contributed by atoms with E-state index in [0.717, 1.165) is 13.1 Å². The van der Waals surface area contributed by atoms with Crippen molar-refractivity contribution in [1.29, 1.82) is 0 Å². The van der Waals surface area contributed by atoms with Gasteiger partial charge in [-0.05, 0) is 38.3 Å². The molecular formula is C28H51N. The summed E-state index contributed by atoms with van der Waals surface area (Å²) in [6.07, 6.45) is 24.3. The molecular weight excluding hydrogens is 350 g/mol. The van der Waals surface area contributed by atoms with E-state index in [4.69, 9.17) is 0 Å². The fraction of sp³-hybridized carbons (Fsp3) is 0.786. The minimum atomic E-state index is 1.10. The van der Waals surface area contributed by atoms with Crippen LogP contribution in [0, 0.1) is 0 Å². The Hall–Kier alpha value is -0.980. The second kappa shape index (κ2) is 19.0. The molecule has 1 nitrogen and oxygen atoms in total. The molecule has 0 radical (unpaired) electrons. The number of benzene rings is 1. The van der Waals surface area contributed by atoms with Crippen molar-refractivity contribution in [2.75, 3.05) is 18.0 Å². The van der Waals surface area contributed by atoms with E-state index in [0.29, 0.717) is 0 Å². The number of hydrogen-bond donors (Lipinski definition) is 0. The molecule has 0 amide bonds. The van der Waals surface area contributed by atoms with E-state index in [1.807, 2.05) is 0 Å². The minimum Gasteiger partial charge on any atom is -0.372 e. The molecule has 0 heterocycles. The summed E-state index contributed by atoms with van der Waals surface area (Å²) in [5, 5.41) is 0. The zero-order chi connectivity index (χ0) is 21.0. The van der Waals surface area contributed by atoms with Crippen LogP contribution in [0.15, 0.2) is 24.3 Å². The molecule has 0 atom stereocenters. The van der Waals surface area contributed by atoms with Gasteiger partial charge in [0, 0.05) is 18.8 Å². The van der Waals surface area contributed by atoms with Gasteiger partial charge < -0.3 is 4.90 Å². The van der Waals surface area contributed by atoms with Crippen LogP contribution in [-0.2, 0) is 6.42 Å². The van der Waals surface area contributed by atoms with Gasteiger partial charge in [-0.15, -0.1) is 0 Å². The molecule has 0 spiro atoms. The highest BCUT2D eigenvalue weighted by molar-refractivity contribution is 5.53. The molecule has 1 aromatic carbocycles. The number of aryl methyl sites for hydroxylation is 1. The van der Waals surface area contributed by atoms with E-state index in [-0.39, 0.29) is 0 Å². The van der Waals surface area contributed by atoms with E-state index in [1.165, 1.54) is 115 Å². The van der Waals surface area contributed by atoms with E-state index in [9.17, 15) is 0 Å². The first-order valence-electron chi connectivity index (χ1n) is 13.2. The van der Waals surface area contributed by atoms with Gasteiger partial charge >= 0.3 is 0 Å². The van der Waals surface area contributed by atoms with Gasteiger partial charge in [-0.3, -0.25) is 0 Å². The average molecular weight is 402 g/mol. The van der Waals surface area contributed by atoms with Crippen LogP contribution in [0.1, 0.15) is 129 Å². The van der Waals surface area contributed by atoms with Crippen molar-refractivity contribution in [1.82, 2.24) is 0 Å². The Balaban J connectivity index is 1.93. The third-order valence-corrected chi connectivity index (χ3v) is 6.40. The molecule has 0 aromatic heterocycles. The molecule has 168 valence electrons. The highest BCUT2D eigenvalue weighted by atomic mass is 15.1. The van der Waals surface area contributed by atoms with Gasteiger partial charge in [0.2, 0.25) is 0 Å². The summed E-state index contributed by atoms with van der Waals surface area (Å²) in [6.45, 7) is 9.02. The number of anilines is 1. The van der Waals surface area contributed by atoms with Crippen molar-refractivity contribution >= 4 is 5.69 Å². The van der Waals surface area contributed by atoms with Gasteiger partial charge in [-0.1, -0.05) is 121 Å². The fourth-order valence-corrected chi connectivity index (χ4v) is 4.46. The second-order valence-electron chi connectivity index (χ2n) is 8.85. The van der Waals surface area contributed by atoms with Crippen LogP contribution in [0.25, 0.3) is 0 Å². The third kappa shape index (κ3) is 13.0. The smallest absolute Gasteiger partial charge is 0.0398 e. The number of para-hydroxylation sites is 1. The Morgan fingerprint density at radius 1 is 0.517 bits per heavy atom. The highest BCUT2D eigenvalue weighted by Gasteiger charge is 2.07. The van der Waals surface area contributed by atoms with Gasteiger partial charge in [0.25, 0.3) is 0 Å². The highest BCUT2D eigenvalue weighted by Crippen LogP contribution is 2.22. The van der Waals surface area contributed by atoms with Crippen LogP contribution in [0.2, 0.25) is 0 Å². The Bertz CT molecular complexity index is 463. The molecule has 0 unspecified atom stereocenters. The number of nitrogens with zero attached hydrogens (tertiary/aromatic N) is 1. The van der Waals surface area contributed by atoms with Crippen LogP contribution in [0.4, 0.5) is 5.69 Å². The van der Waals surface area contributed by atoms with Crippen LogP contribution < -0.4 is 4.90 Å².